The molecule has 1 aromatic heterocycles. The topological polar surface area (TPSA) is 105 Å². The van der Waals surface area contributed by atoms with E-state index in [9.17, 15) is 19.7 Å². The monoisotopic (exact) mass is 446 g/mol. The number of para-hydroxylation sites is 1. The molecule has 1 saturated heterocycles. The van der Waals surface area contributed by atoms with Crippen LogP contribution in [0.2, 0.25) is 0 Å². The van der Waals surface area contributed by atoms with Crippen LogP contribution in [0, 0.1) is 10.1 Å². The number of thioether (sulfide) groups is 2. The van der Waals surface area contributed by atoms with Crippen LogP contribution >= 0.6 is 34.9 Å². The summed E-state index contributed by atoms with van der Waals surface area (Å²) in [7, 11) is 0. The molecule has 2 heterocycles. The summed E-state index contributed by atoms with van der Waals surface area (Å²) in [6, 6.07) is 13.7. The van der Waals surface area contributed by atoms with E-state index in [1.807, 2.05) is 24.3 Å². The maximum Gasteiger partial charge on any atom is 0.269 e. The van der Waals surface area contributed by atoms with Gasteiger partial charge in [-0.2, -0.15) is 0 Å². The Morgan fingerprint density at radius 1 is 1.28 bits per heavy atom. The van der Waals surface area contributed by atoms with Crippen molar-refractivity contribution in [3.63, 3.8) is 0 Å². The third-order valence-electron chi connectivity index (χ3n) is 4.10. The molecular formula is C18H14N4O4S3. The number of hydrogen-bond donors (Lipinski definition) is 1. The predicted molar refractivity (Wildman–Crippen MR) is 114 cm³/mol. The molecule has 1 unspecified atom stereocenters. The number of carbonyl (C=O) groups excluding carboxylic acids is 2. The molecule has 0 bridgehead atoms. The maximum atomic E-state index is 12.4. The van der Waals surface area contributed by atoms with E-state index in [-0.39, 0.29) is 29.0 Å². The summed E-state index contributed by atoms with van der Waals surface area (Å²) in [5.41, 5.74) is 4.25. The Bertz CT molecular complexity index is 1050. The minimum atomic E-state index is -0.477. The fourth-order valence-corrected chi connectivity index (χ4v) is 5.73. The summed E-state index contributed by atoms with van der Waals surface area (Å²) >= 11 is 4.19. The number of nitro groups is 1. The highest BCUT2D eigenvalue weighted by Crippen LogP contribution is 2.38. The van der Waals surface area contributed by atoms with Gasteiger partial charge in [0.15, 0.2) is 4.34 Å². The van der Waals surface area contributed by atoms with Crippen molar-refractivity contribution in [2.75, 3.05) is 11.5 Å². The molecule has 1 aliphatic rings. The molecular weight excluding hydrogens is 432 g/mol. The van der Waals surface area contributed by atoms with Crippen LogP contribution in [0.3, 0.4) is 0 Å². The molecule has 0 spiro atoms. The Balaban J connectivity index is 1.40. The van der Waals surface area contributed by atoms with Gasteiger partial charge in [-0.05, 0) is 29.8 Å². The highest BCUT2D eigenvalue weighted by atomic mass is 32.2. The molecule has 2 aromatic carbocycles. The third-order valence-corrected chi connectivity index (χ3v) is 7.49. The van der Waals surface area contributed by atoms with E-state index in [4.69, 9.17) is 0 Å². The van der Waals surface area contributed by atoms with Crippen LogP contribution in [-0.2, 0) is 9.59 Å². The van der Waals surface area contributed by atoms with Gasteiger partial charge in [-0.15, -0.1) is 23.1 Å². The van der Waals surface area contributed by atoms with Gasteiger partial charge in [0.25, 0.3) is 11.6 Å². The first-order valence-corrected chi connectivity index (χ1v) is 11.3. The number of non-ortho nitro benzene ring substituents is 1. The van der Waals surface area contributed by atoms with Crippen LogP contribution in [0.15, 0.2) is 52.9 Å². The van der Waals surface area contributed by atoms with Crippen molar-refractivity contribution in [3.8, 4) is 0 Å². The average Bonchev–Trinajstić information content (AvgIpc) is 3.30. The molecule has 29 heavy (non-hydrogen) atoms. The van der Waals surface area contributed by atoms with Crippen molar-refractivity contribution in [2.24, 2.45) is 0 Å². The Morgan fingerprint density at radius 2 is 2.03 bits per heavy atom. The number of hydrazine groups is 1. The minimum absolute atomic E-state index is 0.0223. The lowest BCUT2D eigenvalue weighted by atomic mass is 10.2. The van der Waals surface area contributed by atoms with Gasteiger partial charge in [-0.1, -0.05) is 23.9 Å². The summed E-state index contributed by atoms with van der Waals surface area (Å²) in [6.07, 6.45) is 0. The van der Waals surface area contributed by atoms with Crippen LogP contribution < -0.4 is 5.43 Å². The second-order valence-electron chi connectivity index (χ2n) is 6.05. The molecule has 1 aliphatic heterocycles. The first-order chi connectivity index (χ1) is 14.0. The van der Waals surface area contributed by atoms with Gasteiger partial charge in [0.2, 0.25) is 5.91 Å². The van der Waals surface area contributed by atoms with Gasteiger partial charge in [-0.25, -0.2) is 9.99 Å². The zero-order chi connectivity index (χ0) is 20.4. The van der Waals surface area contributed by atoms with Gasteiger partial charge < -0.3 is 0 Å². The quantitative estimate of drug-likeness (QED) is 0.350. The van der Waals surface area contributed by atoms with E-state index < -0.39 is 10.3 Å². The molecule has 0 aliphatic carbocycles. The van der Waals surface area contributed by atoms with Gasteiger partial charge >= 0.3 is 0 Å². The number of nitrogens with one attached hydrogen (secondary N) is 1. The molecule has 148 valence electrons. The summed E-state index contributed by atoms with van der Waals surface area (Å²) in [5, 5.41) is 11.7. The molecule has 2 amide bonds. The Labute approximate surface area is 177 Å². The fraction of sp³-hybridized carbons (Fsp3) is 0.167. The van der Waals surface area contributed by atoms with Gasteiger partial charge in [0.1, 0.15) is 5.37 Å². The molecule has 1 atom stereocenters. The van der Waals surface area contributed by atoms with E-state index in [1.165, 1.54) is 52.0 Å². The fourth-order valence-electron chi connectivity index (χ4n) is 2.76. The molecule has 11 heteroatoms. The maximum absolute atomic E-state index is 12.4. The predicted octanol–water partition coefficient (Wildman–Crippen LogP) is 3.60. The van der Waals surface area contributed by atoms with E-state index in [0.29, 0.717) is 5.56 Å². The first kappa shape index (κ1) is 19.7. The number of amides is 2. The van der Waals surface area contributed by atoms with Crippen LogP contribution in [0.1, 0.15) is 10.9 Å². The van der Waals surface area contributed by atoms with E-state index in [2.05, 4.69) is 10.4 Å². The summed E-state index contributed by atoms with van der Waals surface area (Å²) in [4.78, 5) is 39.4. The largest absolute Gasteiger partial charge is 0.272 e. The molecule has 8 nitrogen and oxygen atoms in total. The number of nitrogens with zero attached hydrogens (tertiary/aromatic N) is 3. The number of benzene rings is 2. The molecule has 0 radical (unpaired) electrons. The third kappa shape index (κ3) is 4.36. The van der Waals surface area contributed by atoms with Gasteiger partial charge in [0, 0.05) is 12.1 Å². The van der Waals surface area contributed by atoms with Crippen LogP contribution in [0.4, 0.5) is 5.69 Å². The van der Waals surface area contributed by atoms with E-state index in [0.717, 1.165) is 14.6 Å². The molecule has 4 rings (SSSR count). The minimum Gasteiger partial charge on any atom is -0.272 e. The van der Waals surface area contributed by atoms with Crippen molar-refractivity contribution in [1.82, 2.24) is 15.4 Å². The van der Waals surface area contributed by atoms with Crippen LogP contribution in [0.25, 0.3) is 10.2 Å². The molecule has 3 aromatic rings. The lowest BCUT2D eigenvalue weighted by Crippen LogP contribution is -2.45. The lowest BCUT2D eigenvalue weighted by Gasteiger charge is -2.24. The van der Waals surface area contributed by atoms with Crippen molar-refractivity contribution in [3.05, 3.63) is 64.2 Å². The van der Waals surface area contributed by atoms with Gasteiger partial charge in [0.05, 0.1) is 26.6 Å². The number of rotatable bonds is 6. The van der Waals surface area contributed by atoms with Crippen LogP contribution in [-0.4, -0.2) is 38.2 Å². The van der Waals surface area contributed by atoms with Crippen molar-refractivity contribution < 1.29 is 14.5 Å². The first-order valence-electron chi connectivity index (χ1n) is 8.47. The Morgan fingerprint density at radius 3 is 2.76 bits per heavy atom. The van der Waals surface area contributed by atoms with E-state index in [1.54, 1.807) is 12.1 Å². The number of thiazole rings is 1. The lowest BCUT2D eigenvalue weighted by molar-refractivity contribution is -0.384. The normalized spacial score (nSPS) is 16.3. The second kappa shape index (κ2) is 8.39. The Kier molecular flexibility index (Phi) is 5.69. The van der Waals surface area contributed by atoms with Crippen LogP contribution in [0.5, 0.6) is 0 Å². The standard InChI is InChI=1S/C18H14N4O4S3/c23-15(9-28-18-19-13-3-1-2-4-14(13)29-18)20-21-16(24)10-27-17(21)11-5-7-12(8-6-11)22(25)26/h1-8,17H,9-10H2,(H,20,23). The van der Waals surface area contributed by atoms with Crippen molar-refractivity contribution in [1.29, 1.82) is 0 Å². The molecule has 1 N–H and O–H groups in total. The zero-order valence-electron chi connectivity index (χ0n) is 14.8. The number of fused-ring (bicyclic) bond motifs is 1. The summed E-state index contributed by atoms with van der Waals surface area (Å²) in [5.74, 6) is -0.164. The summed E-state index contributed by atoms with van der Waals surface area (Å²) in [6.45, 7) is 0. The van der Waals surface area contributed by atoms with Gasteiger partial charge in [-0.3, -0.25) is 25.1 Å². The SMILES string of the molecule is O=C(CSc1nc2ccccc2s1)NN1C(=O)CSC1c1ccc([N+](=O)[O-])cc1. The number of carbonyl (C=O) groups is 2. The van der Waals surface area contributed by atoms with Crippen molar-refractivity contribution >= 4 is 62.6 Å². The van der Waals surface area contributed by atoms with E-state index >= 15 is 0 Å². The van der Waals surface area contributed by atoms with Crippen molar-refractivity contribution in [2.45, 2.75) is 9.71 Å². The Hall–Kier alpha value is -2.63. The number of aromatic nitrogens is 1. The zero-order valence-corrected chi connectivity index (χ0v) is 17.3. The second-order valence-corrected chi connectivity index (χ2v) is 9.37. The highest BCUT2D eigenvalue weighted by molar-refractivity contribution is 8.01. The molecule has 1 fully saturated rings. The smallest absolute Gasteiger partial charge is 0.269 e. The average molecular weight is 447 g/mol. The summed E-state index contributed by atoms with van der Waals surface area (Å²) < 4.78 is 1.84. The number of nitro benzene ring substituents is 1. The molecule has 0 saturated carbocycles. The number of hydrogen-bond acceptors (Lipinski definition) is 8. The highest BCUT2D eigenvalue weighted by Gasteiger charge is 2.34.